The van der Waals surface area contributed by atoms with Crippen molar-refractivity contribution in [3.05, 3.63) is 86.7 Å². The number of carbonyl (C=O) groups is 2. The minimum atomic E-state index is -0.686. The minimum absolute atomic E-state index is 0.0123. The SMILES string of the molecule is C=C/C=C\C=C(\Br)CC(=O)N=c1c(C(=O)OCC)cc2c(=O)n3cccc(C)c3nc2n1CCCOC. The molecule has 9 nitrogen and oxygen atoms in total. The Morgan fingerprint density at radius 3 is 2.76 bits per heavy atom. The summed E-state index contributed by atoms with van der Waals surface area (Å²) < 4.78 is 14.1. The van der Waals surface area contributed by atoms with E-state index in [-0.39, 0.29) is 35.0 Å². The fourth-order valence-electron chi connectivity index (χ4n) is 3.75. The predicted octanol–water partition coefficient (Wildman–Crippen LogP) is 4.01. The van der Waals surface area contributed by atoms with Crippen LogP contribution in [-0.4, -0.2) is 46.2 Å². The number of hydrogen-bond acceptors (Lipinski definition) is 6. The number of hydrogen-bond donors (Lipinski definition) is 0. The van der Waals surface area contributed by atoms with Crippen LogP contribution in [0.15, 0.2) is 69.5 Å². The van der Waals surface area contributed by atoms with Crippen molar-refractivity contribution in [3.63, 3.8) is 0 Å². The van der Waals surface area contributed by atoms with Crippen molar-refractivity contribution in [2.75, 3.05) is 20.3 Å². The zero-order chi connectivity index (χ0) is 26.9. The third kappa shape index (κ3) is 6.58. The number of rotatable bonds is 10. The highest BCUT2D eigenvalue weighted by atomic mass is 79.9. The maximum atomic E-state index is 13.5. The number of ether oxygens (including phenoxy) is 2. The molecular weight excluding hydrogens is 540 g/mol. The second kappa shape index (κ2) is 13.1. The van der Waals surface area contributed by atoms with Gasteiger partial charge >= 0.3 is 5.97 Å². The summed E-state index contributed by atoms with van der Waals surface area (Å²) in [6.45, 7) is 7.98. The van der Waals surface area contributed by atoms with E-state index < -0.39 is 11.9 Å². The molecule has 1 amide bonds. The number of esters is 1. The average molecular weight is 569 g/mol. The molecule has 0 N–H and O–H groups in total. The van der Waals surface area contributed by atoms with Gasteiger partial charge in [0.05, 0.1) is 18.4 Å². The van der Waals surface area contributed by atoms with E-state index in [2.05, 4.69) is 27.5 Å². The number of aromatic nitrogens is 3. The highest BCUT2D eigenvalue weighted by molar-refractivity contribution is 9.11. The molecule has 10 heteroatoms. The van der Waals surface area contributed by atoms with E-state index >= 15 is 0 Å². The van der Waals surface area contributed by atoms with E-state index in [1.165, 1.54) is 10.5 Å². The van der Waals surface area contributed by atoms with Crippen molar-refractivity contribution in [1.29, 1.82) is 0 Å². The molecule has 3 heterocycles. The van der Waals surface area contributed by atoms with Crippen molar-refractivity contribution >= 4 is 44.5 Å². The first-order chi connectivity index (χ1) is 17.8. The number of fused-ring (bicyclic) bond motifs is 2. The van der Waals surface area contributed by atoms with Crippen LogP contribution in [0.25, 0.3) is 16.7 Å². The van der Waals surface area contributed by atoms with Crippen LogP contribution in [0.3, 0.4) is 0 Å². The lowest BCUT2D eigenvalue weighted by atomic mass is 10.2. The summed E-state index contributed by atoms with van der Waals surface area (Å²) in [5, 5.41) is 0.214. The molecule has 194 valence electrons. The lowest BCUT2D eigenvalue weighted by molar-refractivity contribution is -0.117. The van der Waals surface area contributed by atoms with Crippen LogP contribution < -0.4 is 11.0 Å². The fraction of sp³-hybridized carbons (Fsp3) is 0.296. The van der Waals surface area contributed by atoms with E-state index in [0.29, 0.717) is 35.3 Å². The maximum Gasteiger partial charge on any atom is 0.341 e. The van der Waals surface area contributed by atoms with Gasteiger partial charge in [0.1, 0.15) is 16.9 Å². The number of allylic oxidation sites excluding steroid dienone is 4. The Morgan fingerprint density at radius 1 is 1.27 bits per heavy atom. The van der Waals surface area contributed by atoms with Crippen molar-refractivity contribution in [2.45, 2.75) is 33.2 Å². The third-order valence-corrected chi connectivity index (χ3v) is 5.95. The quantitative estimate of drug-likeness (QED) is 0.158. The average Bonchev–Trinajstić information content (AvgIpc) is 2.86. The predicted molar refractivity (Wildman–Crippen MR) is 146 cm³/mol. The summed E-state index contributed by atoms with van der Waals surface area (Å²) in [4.78, 5) is 48.5. The van der Waals surface area contributed by atoms with Gasteiger partial charge in [-0.05, 0) is 38.0 Å². The molecule has 3 aromatic heterocycles. The highest BCUT2D eigenvalue weighted by Crippen LogP contribution is 2.15. The van der Waals surface area contributed by atoms with E-state index in [4.69, 9.17) is 14.5 Å². The first-order valence-corrected chi connectivity index (χ1v) is 12.5. The van der Waals surface area contributed by atoms with Gasteiger partial charge in [-0.25, -0.2) is 9.78 Å². The monoisotopic (exact) mass is 568 g/mol. The fourth-order valence-corrected chi connectivity index (χ4v) is 4.14. The smallest absolute Gasteiger partial charge is 0.341 e. The Morgan fingerprint density at radius 2 is 2.05 bits per heavy atom. The van der Waals surface area contributed by atoms with E-state index in [1.807, 2.05) is 13.0 Å². The number of amides is 1. The molecule has 0 unspecified atom stereocenters. The second-order valence-corrected chi connectivity index (χ2v) is 9.07. The molecule has 0 radical (unpaired) electrons. The number of nitrogens with zero attached hydrogens (tertiary/aromatic N) is 4. The summed E-state index contributed by atoms with van der Waals surface area (Å²) >= 11 is 3.37. The molecule has 0 atom stereocenters. The van der Waals surface area contributed by atoms with Gasteiger partial charge < -0.3 is 14.0 Å². The lowest BCUT2D eigenvalue weighted by Gasteiger charge is -2.15. The minimum Gasteiger partial charge on any atom is -0.462 e. The van der Waals surface area contributed by atoms with Gasteiger partial charge in [-0.2, -0.15) is 4.99 Å². The van der Waals surface area contributed by atoms with E-state index in [0.717, 1.165) is 5.56 Å². The summed E-state index contributed by atoms with van der Waals surface area (Å²) in [5.74, 6) is -1.18. The molecule has 0 aliphatic rings. The second-order valence-electron chi connectivity index (χ2n) is 8.06. The van der Waals surface area contributed by atoms with Crippen LogP contribution in [0.1, 0.15) is 35.7 Å². The molecule has 3 rings (SSSR count). The summed E-state index contributed by atoms with van der Waals surface area (Å²) in [5.41, 5.74) is 1.35. The molecule has 3 aromatic rings. The highest BCUT2D eigenvalue weighted by Gasteiger charge is 2.20. The Labute approximate surface area is 222 Å². The molecule has 0 aliphatic heterocycles. The van der Waals surface area contributed by atoms with Crippen LogP contribution in [0.5, 0.6) is 0 Å². The molecule has 0 bridgehead atoms. The third-order valence-electron chi connectivity index (χ3n) is 5.41. The van der Waals surface area contributed by atoms with Gasteiger partial charge in [0.25, 0.3) is 11.5 Å². The molecule has 0 spiro atoms. The molecule has 37 heavy (non-hydrogen) atoms. The van der Waals surface area contributed by atoms with Gasteiger partial charge in [0.15, 0.2) is 5.49 Å². The first kappa shape index (κ1) is 27.9. The van der Waals surface area contributed by atoms with Crippen LogP contribution in [0.2, 0.25) is 0 Å². The molecule has 0 saturated heterocycles. The van der Waals surface area contributed by atoms with Crippen molar-refractivity contribution < 1.29 is 19.1 Å². The zero-order valence-electron chi connectivity index (χ0n) is 21.1. The summed E-state index contributed by atoms with van der Waals surface area (Å²) in [7, 11) is 1.58. The lowest BCUT2D eigenvalue weighted by Crippen LogP contribution is -2.33. The maximum absolute atomic E-state index is 13.5. The van der Waals surface area contributed by atoms with Crippen molar-refractivity contribution in [3.8, 4) is 0 Å². The van der Waals surface area contributed by atoms with Crippen LogP contribution >= 0.6 is 15.9 Å². The molecule has 0 fully saturated rings. The van der Waals surface area contributed by atoms with Gasteiger partial charge in [0.2, 0.25) is 0 Å². The van der Waals surface area contributed by atoms with Crippen LogP contribution in [-0.2, 0) is 20.8 Å². The summed E-state index contributed by atoms with van der Waals surface area (Å²) in [6, 6.07) is 5.03. The van der Waals surface area contributed by atoms with Gasteiger partial charge in [-0.3, -0.25) is 14.0 Å². The molecule has 0 aliphatic carbocycles. The standard InChI is InChI=1S/C27H29BrN4O5/c1-5-7-8-12-19(28)16-22(33)29-25-21(27(35)37-6-2)17-20-24(31(25)14-10-15-36-4)30-23-18(3)11-9-13-32(23)26(20)34/h5,7-9,11-13,17H,1,6,10,14-16H2,2-4H3/b8-7-,19-12+,29-25?. The Kier molecular flexibility index (Phi) is 9.87. The van der Waals surface area contributed by atoms with Gasteiger partial charge in [-0.1, -0.05) is 52.9 Å². The van der Waals surface area contributed by atoms with Crippen molar-refractivity contribution in [2.24, 2.45) is 4.99 Å². The zero-order valence-corrected chi connectivity index (χ0v) is 22.7. The molecule has 0 saturated carbocycles. The largest absolute Gasteiger partial charge is 0.462 e. The van der Waals surface area contributed by atoms with Crippen LogP contribution in [0, 0.1) is 6.92 Å². The number of aryl methyl sites for hydroxylation is 2. The number of methoxy groups -OCH3 is 1. The van der Waals surface area contributed by atoms with Crippen LogP contribution in [0.4, 0.5) is 0 Å². The molecule has 0 aromatic carbocycles. The van der Waals surface area contributed by atoms with Crippen molar-refractivity contribution in [1.82, 2.24) is 14.0 Å². The Bertz CT molecular complexity index is 1530. The number of halogens is 1. The normalized spacial score (nSPS) is 12.5. The van der Waals surface area contributed by atoms with Gasteiger partial charge in [-0.15, -0.1) is 0 Å². The Balaban J connectivity index is 2.37. The Hall–Kier alpha value is -3.63. The number of carbonyl (C=O) groups excluding carboxylic acids is 2. The topological polar surface area (TPSA) is 104 Å². The first-order valence-electron chi connectivity index (χ1n) is 11.7. The van der Waals surface area contributed by atoms with E-state index in [9.17, 15) is 14.4 Å². The molecular formula is C27H29BrN4O5. The van der Waals surface area contributed by atoms with Gasteiger partial charge in [0, 0.05) is 30.9 Å². The van der Waals surface area contributed by atoms with E-state index in [1.54, 1.807) is 55.2 Å². The summed E-state index contributed by atoms with van der Waals surface area (Å²) in [6.07, 6.45) is 8.92. The number of pyridine rings is 2.